The van der Waals surface area contributed by atoms with E-state index in [1.165, 1.54) is 31.0 Å². The minimum atomic E-state index is -0.583. The van der Waals surface area contributed by atoms with E-state index in [-0.39, 0.29) is 22.2 Å². The van der Waals surface area contributed by atoms with Gasteiger partial charge in [-0.25, -0.2) is 4.79 Å². The smallest absolute Gasteiger partial charge is 0.339 e. The van der Waals surface area contributed by atoms with E-state index in [9.17, 15) is 9.59 Å². The second-order valence-electron chi connectivity index (χ2n) is 6.61. The Morgan fingerprint density at radius 3 is 2.62 bits per heavy atom. The Bertz CT molecular complexity index is 1140. The number of nitrogens with zero attached hydrogens (tertiary/aromatic N) is 3. The molecule has 8 nitrogen and oxygen atoms in total. The number of carbonyl (C=O) groups excluding carboxylic acids is 2. The highest BCUT2D eigenvalue weighted by Crippen LogP contribution is 2.29. The largest absolute Gasteiger partial charge is 0.481 e. The van der Waals surface area contributed by atoms with Crippen molar-refractivity contribution in [3.63, 3.8) is 0 Å². The van der Waals surface area contributed by atoms with E-state index < -0.39 is 12.1 Å². The molecule has 11 heteroatoms. The summed E-state index contributed by atoms with van der Waals surface area (Å²) in [4.78, 5) is 24.1. The van der Waals surface area contributed by atoms with Crippen LogP contribution in [0.4, 0.5) is 5.69 Å². The molecular formula is C21H20Cl2N4O4S. The molecule has 0 aliphatic carbocycles. The van der Waals surface area contributed by atoms with Gasteiger partial charge in [-0.15, -0.1) is 10.2 Å². The molecule has 168 valence electrons. The van der Waals surface area contributed by atoms with Gasteiger partial charge in [-0.2, -0.15) is 0 Å². The van der Waals surface area contributed by atoms with Crippen LogP contribution in [0.5, 0.6) is 5.75 Å². The first-order chi connectivity index (χ1) is 15.3. The highest BCUT2D eigenvalue weighted by molar-refractivity contribution is 7.99. The summed E-state index contributed by atoms with van der Waals surface area (Å²) in [5.41, 5.74) is 0.603. The standard InChI is InChI=1S/C21H20Cl2N4O4S/c1-12(31-17-7-5-4-6-16(17)23)19-25-26-21(27(19)2)32-11-18(28)24-13-8-9-15(22)14(10-13)20(29)30-3/h4-10,12H,11H2,1-3H3,(H,24,28). The van der Waals surface area contributed by atoms with Crippen LogP contribution < -0.4 is 10.1 Å². The fraction of sp³-hybridized carbons (Fsp3) is 0.238. The van der Waals surface area contributed by atoms with Crippen LogP contribution in [0.3, 0.4) is 0 Å². The lowest BCUT2D eigenvalue weighted by Crippen LogP contribution is -2.15. The summed E-state index contributed by atoms with van der Waals surface area (Å²) in [6.45, 7) is 1.84. The molecule has 1 N–H and O–H groups in total. The first kappa shape index (κ1) is 23.9. The molecule has 0 bridgehead atoms. The summed E-state index contributed by atoms with van der Waals surface area (Å²) < 4.78 is 12.3. The molecule has 0 saturated carbocycles. The molecule has 3 aromatic rings. The summed E-state index contributed by atoms with van der Waals surface area (Å²) in [6.07, 6.45) is -0.401. The third-order valence-electron chi connectivity index (χ3n) is 4.36. The minimum Gasteiger partial charge on any atom is -0.481 e. The average molecular weight is 495 g/mol. The third-order valence-corrected chi connectivity index (χ3v) is 6.02. The van der Waals surface area contributed by atoms with Crippen molar-refractivity contribution in [1.29, 1.82) is 0 Å². The summed E-state index contributed by atoms with van der Waals surface area (Å²) in [5, 5.41) is 12.3. The van der Waals surface area contributed by atoms with E-state index in [1.54, 1.807) is 29.8 Å². The number of halogens is 2. The molecule has 2 aromatic carbocycles. The Morgan fingerprint density at radius 1 is 1.16 bits per heavy atom. The van der Waals surface area contributed by atoms with Crippen molar-refractivity contribution in [2.24, 2.45) is 7.05 Å². The van der Waals surface area contributed by atoms with Crippen LogP contribution in [0.25, 0.3) is 0 Å². The van der Waals surface area contributed by atoms with Crippen LogP contribution in [0.15, 0.2) is 47.6 Å². The van der Waals surface area contributed by atoms with E-state index in [1.807, 2.05) is 19.1 Å². The molecule has 0 aliphatic rings. The fourth-order valence-corrected chi connectivity index (χ4v) is 3.88. The number of para-hydroxylation sites is 1. The number of rotatable bonds is 8. The van der Waals surface area contributed by atoms with Crippen molar-refractivity contribution in [2.45, 2.75) is 18.2 Å². The van der Waals surface area contributed by atoms with Crippen LogP contribution in [-0.4, -0.2) is 39.5 Å². The summed E-state index contributed by atoms with van der Waals surface area (Å²) in [7, 11) is 3.06. The van der Waals surface area contributed by atoms with Gasteiger partial charge in [0.15, 0.2) is 17.1 Å². The summed E-state index contributed by atoms with van der Waals surface area (Å²) in [6, 6.07) is 11.8. The van der Waals surface area contributed by atoms with E-state index in [4.69, 9.17) is 27.9 Å². The second-order valence-corrected chi connectivity index (χ2v) is 8.37. The van der Waals surface area contributed by atoms with Crippen LogP contribution in [0.1, 0.15) is 29.2 Å². The molecular weight excluding hydrogens is 475 g/mol. The van der Waals surface area contributed by atoms with E-state index >= 15 is 0 Å². The zero-order chi connectivity index (χ0) is 23.3. The average Bonchev–Trinajstić information content (AvgIpc) is 3.15. The summed E-state index contributed by atoms with van der Waals surface area (Å²) in [5.74, 6) is 0.362. The number of hydrogen-bond donors (Lipinski definition) is 1. The first-order valence-electron chi connectivity index (χ1n) is 9.41. The Balaban J connectivity index is 1.61. The van der Waals surface area contributed by atoms with Gasteiger partial charge in [0, 0.05) is 12.7 Å². The number of anilines is 1. The van der Waals surface area contributed by atoms with Gasteiger partial charge in [-0.1, -0.05) is 47.1 Å². The maximum absolute atomic E-state index is 12.4. The maximum atomic E-state index is 12.4. The quantitative estimate of drug-likeness (QED) is 0.355. The van der Waals surface area contributed by atoms with Crippen LogP contribution in [0, 0.1) is 0 Å². The number of amides is 1. The topological polar surface area (TPSA) is 95.3 Å². The highest BCUT2D eigenvalue weighted by Gasteiger charge is 2.19. The SMILES string of the molecule is COC(=O)c1cc(NC(=O)CSc2nnc(C(C)Oc3ccccc3Cl)n2C)ccc1Cl. The van der Waals surface area contributed by atoms with Crippen molar-refractivity contribution in [1.82, 2.24) is 14.8 Å². The molecule has 1 unspecified atom stereocenters. The number of aromatic nitrogens is 3. The predicted octanol–water partition coefficient (Wildman–Crippen LogP) is 4.78. The zero-order valence-corrected chi connectivity index (χ0v) is 19.8. The Morgan fingerprint density at radius 2 is 1.91 bits per heavy atom. The molecule has 1 heterocycles. The number of carbonyl (C=O) groups is 2. The molecule has 32 heavy (non-hydrogen) atoms. The highest BCUT2D eigenvalue weighted by atomic mass is 35.5. The van der Waals surface area contributed by atoms with Crippen LogP contribution in [-0.2, 0) is 16.6 Å². The van der Waals surface area contributed by atoms with Gasteiger partial charge in [0.2, 0.25) is 5.91 Å². The minimum absolute atomic E-state index is 0.0852. The Labute approximate surface area is 199 Å². The van der Waals surface area contributed by atoms with Gasteiger partial charge in [-0.3, -0.25) is 4.79 Å². The van der Waals surface area contributed by atoms with E-state index in [0.29, 0.717) is 27.4 Å². The Hall–Kier alpha value is -2.75. The molecule has 1 aromatic heterocycles. The zero-order valence-electron chi connectivity index (χ0n) is 17.5. The fourth-order valence-electron chi connectivity index (χ4n) is 2.79. The molecule has 0 radical (unpaired) electrons. The Kier molecular flexibility index (Phi) is 8.00. The van der Waals surface area contributed by atoms with Gasteiger partial charge >= 0.3 is 5.97 Å². The predicted molar refractivity (Wildman–Crippen MR) is 124 cm³/mol. The monoisotopic (exact) mass is 494 g/mol. The van der Waals surface area contributed by atoms with Crippen molar-refractivity contribution in [3.8, 4) is 5.75 Å². The second kappa shape index (κ2) is 10.7. The van der Waals surface area contributed by atoms with Crippen LogP contribution in [0.2, 0.25) is 10.0 Å². The number of benzene rings is 2. The van der Waals surface area contributed by atoms with Crippen LogP contribution >= 0.6 is 35.0 Å². The van der Waals surface area contributed by atoms with Gasteiger partial charge < -0.3 is 19.4 Å². The van der Waals surface area contributed by atoms with Crippen molar-refractivity contribution < 1.29 is 19.1 Å². The number of esters is 1. The number of thioether (sulfide) groups is 1. The molecule has 0 saturated heterocycles. The van der Waals surface area contributed by atoms with Crippen molar-refractivity contribution in [2.75, 3.05) is 18.2 Å². The molecule has 0 aliphatic heterocycles. The number of ether oxygens (including phenoxy) is 2. The molecule has 3 rings (SSSR count). The molecule has 1 atom stereocenters. The molecule has 0 fully saturated rings. The lowest BCUT2D eigenvalue weighted by Gasteiger charge is -2.15. The summed E-state index contributed by atoms with van der Waals surface area (Å²) >= 11 is 13.4. The van der Waals surface area contributed by atoms with Gasteiger partial charge in [0.05, 0.1) is 28.5 Å². The number of hydrogen-bond acceptors (Lipinski definition) is 7. The number of nitrogens with one attached hydrogen (secondary N) is 1. The van der Waals surface area contributed by atoms with Crippen molar-refractivity contribution >= 4 is 52.5 Å². The van der Waals surface area contributed by atoms with E-state index in [2.05, 4.69) is 20.3 Å². The van der Waals surface area contributed by atoms with Crippen molar-refractivity contribution in [3.05, 3.63) is 63.9 Å². The normalized spacial score (nSPS) is 11.7. The van der Waals surface area contributed by atoms with Gasteiger partial charge in [-0.05, 0) is 37.3 Å². The third kappa shape index (κ3) is 5.73. The number of methoxy groups -OCH3 is 1. The molecule has 0 spiro atoms. The van der Waals surface area contributed by atoms with E-state index in [0.717, 1.165) is 0 Å². The first-order valence-corrected chi connectivity index (χ1v) is 11.1. The van der Waals surface area contributed by atoms with Gasteiger partial charge in [0.25, 0.3) is 0 Å². The van der Waals surface area contributed by atoms with Gasteiger partial charge in [0.1, 0.15) is 5.75 Å². The molecule has 1 amide bonds. The lowest BCUT2D eigenvalue weighted by molar-refractivity contribution is -0.113. The lowest BCUT2D eigenvalue weighted by atomic mass is 10.2. The maximum Gasteiger partial charge on any atom is 0.339 e.